The van der Waals surface area contributed by atoms with E-state index in [0.717, 1.165) is 18.8 Å². The van der Waals surface area contributed by atoms with Gasteiger partial charge in [-0.05, 0) is 44.4 Å². The van der Waals surface area contributed by atoms with Gasteiger partial charge in [-0.25, -0.2) is 0 Å². The minimum absolute atomic E-state index is 0.0907. The molecule has 1 fully saturated rings. The molecule has 1 aliphatic rings. The molecule has 1 aromatic rings. The van der Waals surface area contributed by atoms with Crippen molar-refractivity contribution in [3.63, 3.8) is 0 Å². The lowest BCUT2D eigenvalue weighted by atomic mass is 10.0. The predicted molar refractivity (Wildman–Crippen MR) is 74.6 cm³/mol. The number of amides is 1. The van der Waals surface area contributed by atoms with Crippen LogP contribution in [-0.2, 0) is 4.79 Å². The van der Waals surface area contributed by atoms with E-state index in [0.29, 0.717) is 12.5 Å². The first-order chi connectivity index (χ1) is 8.63. The number of hydrogen-bond donors (Lipinski definition) is 1. The van der Waals surface area contributed by atoms with Crippen LogP contribution in [0.1, 0.15) is 25.3 Å². The zero-order valence-electron chi connectivity index (χ0n) is 11.3. The summed E-state index contributed by atoms with van der Waals surface area (Å²) >= 11 is 0. The average Bonchev–Trinajstić information content (AvgIpc) is 2.32. The van der Waals surface area contributed by atoms with Crippen LogP contribution in [0.25, 0.3) is 0 Å². The van der Waals surface area contributed by atoms with Crippen LogP contribution < -0.4 is 5.32 Å². The lowest BCUT2D eigenvalue weighted by molar-refractivity contribution is -0.117. The minimum atomic E-state index is 0.0907. The van der Waals surface area contributed by atoms with Crippen molar-refractivity contribution in [1.82, 2.24) is 4.90 Å². The van der Waals surface area contributed by atoms with E-state index in [9.17, 15) is 4.79 Å². The fraction of sp³-hybridized carbons (Fsp3) is 0.533. The molecule has 0 radical (unpaired) electrons. The van der Waals surface area contributed by atoms with Crippen molar-refractivity contribution < 1.29 is 4.79 Å². The van der Waals surface area contributed by atoms with Gasteiger partial charge in [0.25, 0.3) is 0 Å². The van der Waals surface area contributed by atoms with Gasteiger partial charge in [-0.3, -0.25) is 9.69 Å². The molecular weight excluding hydrogens is 224 g/mol. The molecule has 18 heavy (non-hydrogen) atoms. The molecule has 1 aromatic carbocycles. The topological polar surface area (TPSA) is 32.3 Å². The fourth-order valence-corrected chi connectivity index (χ4v) is 2.47. The van der Waals surface area contributed by atoms with Gasteiger partial charge in [-0.15, -0.1) is 0 Å². The van der Waals surface area contributed by atoms with E-state index in [2.05, 4.69) is 17.1 Å². The number of nitrogens with one attached hydrogen (secondary N) is 1. The third kappa shape index (κ3) is 3.84. The number of piperidine rings is 1. The van der Waals surface area contributed by atoms with Crippen molar-refractivity contribution in [2.75, 3.05) is 25.0 Å². The number of nitrogens with zero attached hydrogens (tertiary/aromatic N) is 1. The number of hydrogen-bond acceptors (Lipinski definition) is 2. The van der Waals surface area contributed by atoms with Crippen LogP contribution in [0.3, 0.4) is 0 Å². The second kappa shape index (κ2) is 6.01. The molecule has 3 nitrogen and oxygen atoms in total. The summed E-state index contributed by atoms with van der Waals surface area (Å²) in [6, 6.07) is 7.93. The van der Waals surface area contributed by atoms with Crippen molar-refractivity contribution in [2.45, 2.75) is 26.7 Å². The summed E-state index contributed by atoms with van der Waals surface area (Å²) in [4.78, 5) is 14.2. The van der Waals surface area contributed by atoms with E-state index in [-0.39, 0.29) is 5.91 Å². The highest BCUT2D eigenvalue weighted by molar-refractivity contribution is 5.92. The summed E-state index contributed by atoms with van der Waals surface area (Å²) in [5.74, 6) is 0.805. The first-order valence-electron chi connectivity index (χ1n) is 6.72. The van der Waals surface area contributed by atoms with Crippen molar-refractivity contribution >= 4 is 11.6 Å². The smallest absolute Gasteiger partial charge is 0.238 e. The summed E-state index contributed by atoms with van der Waals surface area (Å²) in [6.07, 6.45) is 2.50. The summed E-state index contributed by atoms with van der Waals surface area (Å²) in [6.45, 7) is 6.90. The highest BCUT2D eigenvalue weighted by atomic mass is 16.2. The van der Waals surface area contributed by atoms with Crippen LogP contribution in [0.5, 0.6) is 0 Å². The van der Waals surface area contributed by atoms with Gasteiger partial charge in [0.2, 0.25) is 5.91 Å². The Bertz CT molecular complexity index is 399. The second-order valence-electron chi connectivity index (χ2n) is 5.40. The molecule has 0 unspecified atom stereocenters. The zero-order valence-corrected chi connectivity index (χ0v) is 11.3. The molecular formula is C15H22N2O. The lowest BCUT2D eigenvalue weighted by Crippen LogP contribution is -2.39. The van der Waals surface area contributed by atoms with E-state index in [1.165, 1.54) is 18.4 Å². The van der Waals surface area contributed by atoms with Gasteiger partial charge in [-0.1, -0.05) is 24.6 Å². The molecule has 1 aliphatic heterocycles. The molecule has 0 spiro atoms. The monoisotopic (exact) mass is 246 g/mol. The summed E-state index contributed by atoms with van der Waals surface area (Å²) in [5, 5.41) is 2.95. The Kier molecular flexibility index (Phi) is 4.37. The van der Waals surface area contributed by atoms with Crippen LogP contribution >= 0.6 is 0 Å². The molecule has 3 heteroatoms. The molecule has 0 aliphatic carbocycles. The Hall–Kier alpha value is -1.35. The predicted octanol–water partition coefficient (Wildman–Crippen LogP) is 2.67. The molecule has 1 atom stereocenters. The molecule has 0 saturated carbocycles. The molecule has 2 rings (SSSR count). The number of likely N-dealkylation sites (tertiary alicyclic amines) is 1. The Morgan fingerprint density at radius 2 is 2.11 bits per heavy atom. The van der Waals surface area contributed by atoms with Crippen molar-refractivity contribution in [3.05, 3.63) is 29.8 Å². The van der Waals surface area contributed by atoms with E-state index in [1.54, 1.807) is 0 Å². The Labute approximate surface area is 109 Å². The summed E-state index contributed by atoms with van der Waals surface area (Å²) in [5.41, 5.74) is 2.09. The van der Waals surface area contributed by atoms with Gasteiger partial charge < -0.3 is 5.32 Å². The van der Waals surface area contributed by atoms with Gasteiger partial charge in [-0.2, -0.15) is 0 Å². The molecule has 0 aromatic heterocycles. The van der Waals surface area contributed by atoms with Crippen LogP contribution in [-0.4, -0.2) is 30.4 Å². The van der Waals surface area contributed by atoms with E-state index in [1.807, 2.05) is 31.2 Å². The second-order valence-corrected chi connectivity index (χ2v) is 5.40. The largest absolute Gasteiger partial charge is 0.325 e. The highest BCUT2D eigenvalue weighted by Crippen LogP contribution is 2.15. The van der Waals surface area contributed by atoms with Crippen LogP contribution in [0, 0.1) is 12.8 Å². The Morgan fingerprint density at radius 1 is 1.39 bits per heavy atom. The Morgan fingerprint density at radius 3 is 2.78 bits per heavy atom. The van der Waals surface area contributed by atoms with Crippen LogP contribution in [0.4, 0.5) is 5.69 Å². The summed E-state index contributed by atoms with van der Waals surface area (Å²) < 4.78 is 0. The third-order valence-corrected chi connectivity index (χ3v) is 3.44. The van der Waals surface area contributed by atoms with Crippen LogP contribution in [0.15, 0.2) is 24.3 Å². The zero-order chi connectivity index (χ0) is 13.0. The number of aryl methyl sites for hydroxylation is 1. The number of anilines is 1. The van der Waals surface area contributed by atoms with Gasteiger partial charge in [0.1, 0.15) is 0 Å². The lowest BCUT2D eigenvalue weighted by Gasteiger charge is -2.30. The van der Waals surface area contributed by atoms with Gasteiger partial charge in [0.15, 0.2) is 0 Å². The number of rotatable bonds is 3. The average molecular weight is 246 g/mol. The first-order valence-corrected chi connectivity index (χ1v) is 6.72. The molecule has 1 saturated heterocycles. The van der Waals surface area contributed by atoms with Crippen molar-refractivity contribution in [1.29, 1.82) is 0 Å². The maximum absolute atomic E-state index is 11.9. The summed E-state index contributed by atoms with van der Waals surface area (Å²) in [7, 11) is 0. The molecule has 1 N–H and O–H groups in total. The maximum atomic E-state index is 11.9. The van der Waals surface area contributed by atoms with Gasteiger partial charge >= 0.3 is 0 Å². The molecule has 0 bridgehead atoms. The Balaban J connectivity index is 1.83. The number of carbonyl (C=O) groups is 1. The molecule has 98 valence electrons. The van der Waals surface area contributed by atoms with E-state index in [4.69, 9.17) is 0 Å². The first kappa shape index (κ1) is 13.1. The van der Waals surface area contributed by atoms with Gasteiger partial charge in [0.05, 0.1) is 6.54 Å². The normalized spacial score (nSPS) is 20.7. The highest BCUT2D eigenvalue weighted by Gasteiger charge is 2.18. The van der Waals surface area contributed by atoms with Crippen molar-refractivity contribution in [2.24, 2.45) is 5.92 Å². The standard InChI is InChI=1S/C15H22N2O/c1-12-5-7-14(8-6-12)16-15(18)11-17-9-3-4-13(2)10-17/h5-8,13H,3-4,9-11H2,1-2H3,(H,16,18)/t13-/m0/s1. The van der Waals surface area contributed by atoms with E-state index >= 15 is 0 Å². The van der Waals surface area contributed by atoms with Crippen LogP contribution in [0.2, 0.25) is 0 Å². The van der Waals surface area contributed by atoms with Crippen molar-refractivity contribution in [3.8, 4) is 0 Å². The third-order valence-electron chi connectivity index (χ3n) is 3.44. The SMILES string of the molecule is Cc1ccc(NC(=O)CN2CCC[C@H](C)C2)cc1. The molecule has 1 heterocycles. The minimum Gasteiger partial charge on any atom is -0.325 e. The number of benzene rings is 1. The number of carbonyl (C=O) groups excluding carboxylic acids is 1. The fourth-order valence-electron chi connectivity index (χ4n) is 2.47. The van der Waals surface area contributed by atoms with E-state index < -0.39 is 0 Å². The maximum Gasteiger partial charge on any atom is 0.238 e. The van der Waals surface area contributed by atoms with Gasteiger partial charge in [0, 0.05) is 12.2 Å². The quantitative estimate of drug-likeness (QED) is 0.889. The molecule has 1 amide bonds.